The maximum Gasteiger partial charge on any atom is 0.387 e. The number of rotatable bonds is 9. The summed E-state index contributed by atoms with van der Waals surface area (Å²) in [6.45, 7) is -1.22. The average molecular weight is 464 g/mol. The van der Waals surface area contributed by atoms with Gasteiger partial charge in [-0.3, -0.25) is 4.79 Å². The molecule has 0 aliphatic heterocycles. The highest BCUT2D eigenvalue weighted by Crippen LogP contribution is 2.61. The number of benzene rings is 1. The van der Waals surface area contributed by atoms with E-state index in [0.29, 0.717) is 5.56 Å². The molecular weight excluding hydrogens is 432 g/mol. The van der Waals surface area contributed by atoms with Crippen molar-refractivity contribution in [3.8, 4) is 11.5 Å². The van der Waals surface area contributed by atoms with Gasteiger partial charge in [0.1, 0.15) is 0 Å². The first-order chi connectivity index (χ1) is 15.8. The van der Waals surface area contributed by atoms with Gasteiger partial charge in [0.25, 0.3) is 5.91 Å². The molecule has 0 heterocycles. The Morgan fingerprint density at radius 1 is 1.12 bits per heavy atom. The molecule has 0 unspecified atom stereocenters. The molecule has 0 radical (unpaired) electrons. The van der Waals surface area contributed by atoms with E-state index in [1.807, 2.05) is 0 Å². The molecule has 0 aromatic heterocycles. The van der Waals surface area contributed by atoms with Gasteiger partial charge in [-0.05, 0) is 92.4 Å². The molecule has 6 nitrogen and oxygen atoms in total. The van der Waals surface area contributed by atoms with E-state index >= 15 is 0 Å². The summed E-state index contributed by atoms with van der Waals surface area (Å²) in [6.07, 6.45) is 10.2. The minimum Gasteiger partial charge on any atom is -0.493 e. The van der Waals surface area contributed by atoms with Gasteiger partial charge in [0.2, 0.25) is 0 Å². The van der Waals surface area contributed by atoms with Crippen LogP contribution in [0.1, 0.15) is 51.0 Å². The maximum atomic E-state index is 12.4. The lowest BCUT2D eigenvalue weighted by Crippen LogP contribution is -2.56. The molecule has 1 N–H and O–H groups in total. The fourth-order valence-corrected chi connectivity index (χ4v) is 6.47. The number of amides is 1. The highest BCUT2D eigenvalue weighted by molar-refractivity contribution is 5.89. The van der Waals surface area contributed by atoms with Crippen LogP contribution in [0.3, 0.4) is 0 Å². The monoisotopic (exact) mass is 463 g/mol. The average Bonchev–Trinajstić information content (AvgIpc) is 2.75. The normalized spacial score (nSPS) is 28.7. The van der Waals surface area contributed by atoms with E-state index in [1.165, 1.54) is 76.0 Å². The minimum absolute atomic E-state index is 0.0640. The lowest BCUT2D eigenvalue weighted by atomic mass is 9.48. The molecular formula is C25H31F2NO5. The zero-order valence-electron chi connectivity index (χ0n) is 19.0. The fourth-order valence-electron chi connectivity index (χ4n) is 6.47. The summed E-state index contributed by atoms with van der Waals surface area (Å²) in [5.41, 5.74) is 0.721. The fraction of sp³-hybridized carbons (Fsp3) is 0.600. The van der Waals surface area contributed by atoms with Crippen molar-refractivity contribution >= 4 is 18.0 Å². The van der Waals surface area contributed by atoms with Crippen LogP contribution in [0.25, 0.3) is 6.08 Å². The lowest BCUT2D eigenvalue weighted by Gasteiger charge is -2.59. The Hall–Kier alpha value is -2.64. The van der Waals surface area contributed by atoms with Crippen LogP contribution in [-0.2, 0) is 14.3 Å². The van der Waals surface area contributed by atoms with Crippen molar-refractivity contribution in [3.05, 3.63) is 29.8 Å². The topological polar surface area (TPSA) is 73.9 Å². The van der Waals surface area contributed by atoms with Gasteiger partial charge in [0.15, 0.2) is 18.1 Å². The third kappa shape index (κ3) is 5.47. The van der Waals surface area contributed by atoms with Crippen LogP contribution in [0.15, 0.2) is 24.3 Å². The van der Waals surface area contributed by atoms with Crippen molar-refractivity contribution < 1.29 is 32.6 Å². The summed E-state index contributed by atoms with van der Waals surface area (Å²) in [4.78, 5) is 24.5. The lowest BCUT2D eigenvalue weighted by molar-refractivity contribution is -0.145. The van der Waals surface area contributed by atoms with Gasteiger partial charge < -0.3 is 19.5 Å². The zero-order valence-corrected chi connectivity index (χ0v) is 19.0. The Morgan fingerprint density at radius 3 is 2.33 bits per heavy atom. The van der Waals surface area contributed by atoms with Crippen molar-refractivity contribution in [2.24, 2.45) is 23.2 Å². The quantitative estimate of drug-likeness (QED) is 0.429. The Balaban J connectivity index is 1.26. The first kappa shape index (κ1) is 23.5. The number of carbonyl (C=O) groups excluding carboxylic acids is 2. The molecule has 0 saturated heterocycles. The van der Waals surface area contributed by atoms with Crippen molar-refractivity contribution in [1.29, 1.82) is 0 Å². The zero-order chi connectivity index (χ0) is 23.6. The van der Waals surface area contributed by atoms with Gasteiger partial charge in [0.05, 0.1) is 7.11 Å². The molecule has 1 amide bonds. The van der Waals surface area contributed by atoms with Crippen molar-refractivity contribution in [2.45, 2.75) is 58.1 Å². The molecule has 33 heavy (non-hydrogen) atoms. The van der Waals surface area contributed by atoms with Crippen LogP contribution in [0.2, 0.25) is 0 Å². The summed E-state index contributed by atoms with van der Waals surface area (Å²) in [7, 11) is 1.33. The second-order valence-electron chi connectivity index (χ2n) is 9.80. The van der Waals surface area contributed by atoms with Crippen LogP contribution < -0.4 is 14.8 Å². The maximum absolute atomic E-state index is 12.4. The second-order valence-corrected chi connectivity index (χ2v) is 9.80. The molecule has 8 heteroatoms. The predicted molar refractivity (Wildman–Crippen MR) is 118 cm³/mol. The van der Waals surface area contributed by atoms with Crippen LogP contribution in [0.4, 0.5) is 8.78 Å². The van der Waals surface area contributed by atoms with E-state index in [0.717, 1.165) is 17.8 Å². The SMILES string of the molecule is COc1cc(/C=C/C(=O)OCC(=O)N[C@@H](C)C23CC4CC(CC(C4)C2)C3)ccc1OC(F)F. The summed E-state index contributed by atoms with van der Waals surface area (Å²) < 4.78 is 39.3. The number of hydrogen-bond donors (Lipinski definition) is 1. The van der Waals surface area contributed by atoms with Crippen molar-refractivity contribution in [2.75, 3.05) is 13.7 Å². The minimum atomic E-state index is -2.97. The van der Waals surface area contributed by atoms with Gasteiger partial charge >= 0.3 is 12.6 Å². The van der Waals surface area contributed by atoms with Gasteiger partial charge in [-0.15, -0.1) is 0 Å². The van der Waals surface area contributed by atoms with E-state index in [-0.39, 0.29) is 35.5 Å². The van der Waals surface area contributed by atoms with E-state index in [1.54, 1.807) is 0 Å². The van der Waals surface area contributed by atoms with Gasteiger partial charge in [0, 0.05) is 12.1 Å². The van der Waals surface area contributed by atoms with E-state index in [9.17, 15) is 18.4 Å². The summed E-state index contributed by atoms with van der Waals surface area (Å²) in [5.74, 6) is 1.45. The number of halogens is 2. The first-order valence-electron chi connectivity index (χ1n) is 11.5. The molecule has 0 spiro atoms. The van der Waals surface area contributed by atoms with Crippen LogP contribution in [0, 0.1) is 23.2 Å². The smallest absolute Gasteiger partial charge is 0.387 e. The number of ether oxygens (including phenoxy) is 3. The molecule has 5 rings (SSSR count). The van der Waals surface area contributed by atoms with Gasteiger partial charge in [-0.25, -0.2) is 4.79 Å². The van der Waals surface area contributed by atoms with Gasteiger partial charge in [-0.2, -0.15) is 8.78 Å². The number of carbonyl (C=O) groups is 2. The number of alkyl halides is 2. The van der Waals surface area contributed by atoms with Gasteiger partial charge in [-0.1, -0.05) is 6.07 Å². The molecule has 1 atom stereocenters. The van der Waals surface area contributed by atoms with Crippen molar-refractivity contribution in [1.82, 2.24) is 5.32 Å². The molecule has 1 aromatic rings. The summed E-state index contributed by atoms with van der Waals surface area (Å²) >= 11 is 0. The van der Waals surface area contributed by atoms with E-state index in [2.05, 4.69) is 17.0 Å². The second kappa shape index (κ2) is 9.69. The number of methoxy groups -OCH3 is 1. The van der Waals surface area contributed by atoms with Crippen LogP contribution in [0.5, 0.6) is 11.5 Å². The van der Waals surface area contributed by atoms with Crippen molar-refractivity contribution in [3.63, 3.8) is 0 Å². The standard InChI is InChI=1S/C25H31F2NO5/c1-15(25-11-17-7-18(12-25)9-19(8-17)13-25)28-22(29)14-32-23(30)6-4-16-3-5-20(33-24(26)27)21(10-16)31-2/h3-6,10,15,17-19,24H,7-9,11-14H2,1-2H3,(H,28,29)/b6-4+/t15-,17?,18?,19?,25?/m0/s1. The highest BCUT2D eigenvalue weighted by atomic mass is 19.3. The van der Waals surface area contributed by atoms with Crippen LogP contribution >= 0.6 is 0 Å². The molecule has 4 bridgehead atoms. The molecule has 4 fully saturated rings. The Kier molecular flexibility index (Phi) is 6.91. The molecule has 4 aliphatic carbocycles. The Bertz CT molecular complexity index is 881. The number of nitrogens with one attached hydrogen (secondary N) is 1. The molecule has 4 saturated carbocycles. The molecule has 1 aromatic carbocycles. The molecule has 4 aliphatic rings. The van der Waals surface area contributed by atoms with E-state index in [4.69, 9.17) is 9.47 Å². The number of hydrogen-bond acceptors (Lipinski definition) is 5. The third-order valence-electron chi connectivity index (χ3n) is 7.54. The van der Waals surface area contributed by atoms with E-state index < -0.39 is 12.6 Å². The Morgan fingerprint density at radius 2 is 1.76 bits per heavy atom. The summed E-state index contributed by atoms with van der Waals surface area (Å²) in [6, 6.07) is 4.36. The third-order valence-corrected chi connectivity index (χ3v) is 7.54. The number of esters is 1. The Labute approximate surface area is 192 Å². The van der Waals surface area contributed by atoms with Crippen LogP contribution in [-0.4, -0.2) is 38.2 Å². The summed E-state index contributed by atoms with van der Waals surface area (Å²) in [5, 5.41) is 3.07. The first-order valence-corrected chi connectivity index (χ1v) is 11.5. The predicted octanol–water partition coefficient (Wildman–Crippen LogP) is 4.57. The molecule has 180 valence electrons. The highest BCUT2D eigenvalue weighted by Gasteiger charge is 2.53. The largest absolute Gasteiger partial charge is 0.493 e.